The molecule has 0 aliphatic rings. The number of benzene rings is 2. The predicted octanol–water partition coefficient (Wildman–Crippen LogP) is 4.91. The van der Waals surface area contributed by atoms with Gasteiger partial charge in [-0.15, -0.1) is 0 Å². The quantitative estimate of drug-likeness (QED) is 0.375. The highest BCUT2D eigenvalue weighted by Gasteiger charge is 2.13. The van der Waals surface area contributed by atoms with Gasteiger partial charge in [0.1, 0.15) is 5.15 Å². The molecule has 4 nitrogen and oxygen atoms in total. The van der Waals surface area contributed by atoms with Gasteiger partial charge < -0.3 is 0 Å². The van der Waals surface area contributed by atoms with Gasteiger partial charge in [0.25, 0.3) is 5.56 Å². The monoisotopic (exact) mass is 377 g/mol. The Labute approximate surface area is 162 Å². The summed E-state index contributed by atoms with van der Waals surface area (Å²) >= 11 is 6.10. The van der Waals surface area contributed by atoms with Crippen molar-refractivity contribution < 1.29 is 0 Å². The number of rotatable bonds is 4. The molecule has 0 atom stereocenters. The lowest BCUT2D eigenvalue weighted by atomic mass is 9.95. The van der Waals surface area contributed by atoms with E-state index in [-0.39, 0.29) is 5.56 Å². The first-order chi connectivity index (χ1) is 13.1. The van der Waals surface area contributed by atoms with Crippen molar-refractivity contribution in [1.82, 2.24) is 14.5 Å². The molecule has 4 rings (SSSR count). The van der Waals surface area contributed by atoms with Crippen LogP contribution in [0.25, 0.3) is 21.7 Å². The van der Waals surface area contributed by atoms with Crippen molar-refractivity contribution >= 4 is 33.3 Å². The summed E-state index contributed by atoms with van der Waals surface area (Å²) in [4.78, 5) is 21.7. The van der Waals surface area contributed by atoms with Crippen molar-refractivity contribution in [1.29, 1.82) is 0 Å². The van der Waals surface area contributed by atoms with Crippen LogP contribution < -0.4 is 5.56 Å². The predicted molar refractivity (Wildman–Crippen MR) is 111 cm³/mol. The number of pyridine rings is 1. The number of hydrogen-bond donors (Lipinski definition) is 0. The second-order valence-electron chi connectivity index (χ2n) is 6.83. The van der Waals surface area contributed by atoms with Crippen molar-refractivity contribution in [2.75, 3.05) is 0 Å². The van der Waals surface area contributed by atoms with Crippen LogP contribution >= 0.6 is 11.6 Å². The Kier molecular flexibility index (Phi) is 4.66. The second kappa shape index (κ2) is 7.12. The largest absolute Gasteiger partial charge is 0.299 e. The van der Waals surface area contributed by atoms with Crippen molar-refractivity contribution in [2.24, 2.45) is 0 Å². The molecule has 2 heterocycles. The van der Waals surface area contributed by atoms with Crippen LogP contribution in [-0.2, 0) is 13.0 Å². The Bertz CT molecular complexity index is 1210. The van der Waals surface area contributed by atoms with Crippen molar-refractivity contribution in [2.45, 2.75) is 33.2 Å². The fourth-order valence-electron chi connectivity index (χ4n) is 3.55. The van der Waals surface area contributed by atoms with Crippen LogP contribution in [0.5, 0.6) is 0 Å². The number of hydrogen-bond acceptors (Lipinski definition) is 3. The first-order valence-electron chi connectivity index (χ1n) is 9.09. The van der Waals surface area contributed by atoms with Crippen LogP contribution in [0.3, 0.4) is 0 Å². The third-order valence-electron chi connectivity index (χ3n) is 4.95. The molecule has 0 N–H and O–H groups in total. The van der Waals surface area contributed by atoms with E-state index in [9.17, 15) is 4.79 Å². The van der Waals surface area contributed by atoms with Gasteiger partial charge in [0, 0.05) is 18.1 Å². The molecule has 27 heavy (non-hydrogen) atoms. The van der Waals surface area contributed by atoms with E-state index in [4.69, 9.17) is 11.6 Å². The minimum Gasteiger partial charge on any atom is -0.299 e. The zero-order valence-corrected chi connectivity index (χ0v) is 16.1. The average molecular weight is 378 g/mol. The third-order valence-corrected chi connectivity index (χ3v) is 5.15. The summed E-state index contributed by atoms with van der Waals surface area (Å²) < 4.78 is 1.69. The van der Waals surface area contributed by atoms with E-state index >= 15 is 0 Å². The summed E-state index contributed by atoms with van der Waals surface area (Å²) in [6.45, 7) is 4.75. The molecule has 0 amide bonds. The summed E-state index contributed by atoms with van der Waals surface area (Å²) in [7, 11) is 0. The molecular weight excluding hydrogens is 358 g/mol. The summed E-state index contributed by atoms with van der Waals surface area (Å²) in [5.41, 5.74) is 4.06. The minimum atomic E-state index is 0.0123. The lowest BCUT2D eigenvalue weighted by molar-refractivity contribution is 0.648. The lowest BCUT2D eigenvalue weighted by Gasteiger charge is -2.13. The Hall–Kier alpha value is -2.72. The summed E-state index contributed by atoms with van der Waals surface area (Å²) in [6, 6.07) is 12.0. The molecular formula is C22H20ClN3O. The summed E-state index contributed by atoms with van der Waals surface area (Å²) in [5.74, 6) is 0. The van der Waals surface area contributed by atoms with E-state index in [0.717, 1.165) is 39.4 Å². The van der Waals surface area contributed by atoms with Crippen LogP contribution in [0.2, 0.25) is 5.15 Å². The first-order valence-corrected chi connectivity index (χ1v) is 9.47. The number of aromatic nitrogens is 3. The maximum absolute atomic E-state index is 13.0. The molecule has 0 aliphatic heterocycles. The van der Waals surface area contributed by atoms with Gasteiger partial charge >= 0.3 is 0 Å². The van der Waals surface area contributed by atoms with Crippen LogP contribution in [0.15, 0.2) is 53.7 Å². The number of nitrogens with zero attached hydrogens (tertiary/aromatic N) is 3. The standard InChI is InChI=1S/C22H20ClN3O/c1-3-8-26-13-25-21-18-7-5-4-6-17(18)16(10-19(21)22(26)27)9-15-11-20(23)24-12-14(15)2/h4-7,10-13H,3,8-9H2,1-2H3. The van der Waals surface area contributed by atoms with E-state index in [0.29, 0.717) is 23.5 Å². The summed E-state index contributed by atoms with van der Waals surface area (Å²) in [6.07, 6.45) is 5.03. The van der Waals surface area contributed by atoms with Gasteiger partial charge in [0.2, 0.25) is 0 Å². The van der Waals surface area contributed by atoms with Crippen LogP contribution in [0.1, 0.15) is 30.0 Å². The Morgan fingerprint density at radius 2 is 1.81 bits per heavy atom. The van der Waals surface area contributed by atoms with E-state index in [1.54, 1.807) is 17.1 Å². The van der Waals surface area contributed by atoms with Gasteiger partial charge in [0.05, 0.1) is 17.2 Å². The molecule has 0 aliphatic carbocycles. The van der Waals surface area contributed by atoms with Gasteiger partial charge in [-0.2, -0.15) is 0 Å². The maximum atomic E-state index is 13.0. The Morgan fingerprint density at radius 3 is 2.59 bits per heavy atom. The maximum Gasteiger partial charge on any atom is 0.261 e. The zero-order valence-electron chi connectivity index (χ0n) is 15.4. The molecule has 0 saturated carbocycles. The highest BCUT2D eigenvalue weighted by molar-refractivity contribution is 6.29. The molecule has 0 fully saturated rings. The first kappa shape index (κ1) is 17.7. The van der Waals surface area contributed by atoms with E-state index in [1.807, 2.05) is 37.3 Å². The second-order valence-corrected chi connectivity index (χ2v) is 7.22. The van der Waals surface area contributed by atoms with Gasteiger partial charge in [-0.05, 0) is 54.0 Å². The zero-order chi connectivity index (χ0) is 19.0. The third kappa shape index (κ3) is 3.21. The minimum absolute atomic E-state index is 0.0123. The molecule has 0 radical (unpaired) electrons. The molecule has 0 unspecified atom stereocenters. The van der Waals surface area contributed by atoms with Crippen LogP contribution in [0.4, 0.5) is 0 Å². The van der Waals surface area contributed by atoms with E-state index in [2.05, 4.69) is 23.0 Å². The lowest BCUT2D eigenvalue weighted by Crippen LogP contribution is -2.20. The molecule has 136 valence electrons. The van der Waals surface area contributed by atoms with Crippen molar-refractivity contribution in [3.63, 3.8) is 0 Å². The molecule has 0 bridgehead atoms. The normalized spacial score (nSPS) is 11.4. The van der Waals surface area contributed by atoms with Gasteiger partial charge in [-0.3, -0.25) is 9.36 Å². The SMILES string of the molecule is CCCn1cnc2c(cc(Cc3cc(Cl)ncc3C)c3ccccc32)c1=O. The van der Waals surface area contributed by atoms with Crippen molar-refractivity contribution in [3.05, 3.63) is 81.1 Å². The number of halogens is 1. The molecule has 0 saturated heterocycles. The fourth-order valence-corrected chi connectivity index (χ4v) is 3.73. The molecule has 2 aromatic heterocycles. The van der Waals surface area contributed by atoms with E-state index in [1.165, 1.54) is 0 Å². The smallest absolute Gasteiger partial charge is 0.261 e. The Morgan fingerprint density at radius 1 is 1.04 bits per heavy atom. The van der Waals surface area contributed by atoms with Crippen LogP contribution in [-0.4, -0.2) is 14.5 Å². The van der Waals surface area contributed by atoms with Gasteiger partial charge in [0.15, 0.2) is 0 Å². The molecule has 5 heteroatoms. The molecule has 0 spiro atoms. The van der Waals surface area contributed by atoms with E-state index < -0.39 is 0 Å². The topological polar surface area (TPSA) is 47.8 Å². The number of fused-ring (bicyclic) bond motifs is 3. The van der Waals surface area contributed by atoms with Gasteiger partial charge in [-0.25, -0.2) is 9.97 Å². The molecule has 2 aromatic carbocycles. The highest BCUT2D eigenvalue weighted by atomic mass is 35.5. The van der Waals surface area contributed by atoms with Crippen molar-refractivity contribution in [3.8, 4) is 0 Å². The average Bonchev–Trinajstić information content (AvgIpc) is 2.67. The molecule has 4 aromatic rings. The highest BCUT2D eigenvalue weighted by Crippen LogP contribution is 2.28. The van der Waals surface area contributed by atoms with Gasteiger partial charge in [-0.1, -0.05) is 42.8 Å². The Balaban J connectivity index is 1.99. The fraction of sp³-hybridized carbons (Fsp3) is 0.227. The number of aryl methyl sites for hydroxylation is 2. The van der Waals surface area contributed by atoms with Crippen LogP contribution in [0, 0.1) is 6.92 Å². The summed E-state index contributed by atoms with van der Waals surface area (Å²) in [5, 5.41) is 3.26.